The second-order valence-electron chi connectivity index (χ2n) is 8.99. The minimum absolute atomic E-state index is 0.162. The summed E-state index contributed by atoms with van der Waals surface area (Å²) in [5.74, 6) is 5.68. The molecule has 2 aliphatic rings. The van der Waals surface area contributed by atoms with Crippen LogP contribution in [0.5, 0.6) is 0 Å². The van der Waals surface area contributed by atoms with Gasteiger partial charge in [-0.1, -0.05) is 50.8 Å². The molecule has 1 aromatic carbocycles. The van der Waals surface area contributed by atoms with Gasteiger partial charge in [-0.05, 0) is 49.1 Å². The average Bonchev–Trinajstić information content (AvgIpc) is 2.90. The van der Waals surface area contributed by atoms with Crippen molar-refractivity contribution in [3.8, 4) is 11.8 Å². The van der Waals surface area contributed by atoms with Crippen LogP contribution in [0.1, 0.15) is 52.0 Å². The van der Waals surface area contributed by atoms with E-state index in [0.717, 1.165) is 23.3 Å². The molecule has 0 radical (unpaired) electrons. The Morgan fingerprint density at radius 3 is 2.48 bits per heavy atom. The topological polar surface area (TPSA) is 78.5 Å². The summed E-state index contributed by atoms with van der Waals surface area (Å²) in [5, 5.41) is 5.52. The van der Waals surface area contributed by atoms with Crippen LogP contribution in [0.15, 0.2) is 30.3 Å². The molecule has 1 aliphatic heterocycles. The second kappa shape index (κ2) is 8.28. The third-order valence-corrected chi connectivity index (χ3v) is 5.99. The largest absolute Gasteiger partial charge is 0.344 e. The monoisotopic (exact) mass is 395 g/mol. The van der Waals surface area contributed by atoms with Gasteiger partial charge in [0.25, 0.3) is 5.91 Å². The van der Waals surface area contributed by atoms with Crippen molar-refractivity contribution >= 4 is 17.8 Å². The van der Waals surface area contributed by atoms with Crippen LogP contribution >= 0.6 is 0 Å². The molecule has 1 saturated carbocycles. The zero-order valence-corrected chi connectivity index (χ0v) is 17.4. The van der Waals surface area contributed by atoms with Crippen molar-refractivity contribution in [1.82, 2.24) is 15.5 Å². The highest BCUT2D eigenvalue weighted by Crippen LogP contribution is 2.43. The SMILES string of the molecule is CC(C)(C)C1CCC2(CC1)NC(=O)N(CC(=O)NCC#Cc1ccccc1)C2=O. The zero-order chi connectivity index (χ0) is 21.1. The maximum atomic E-state index is 12.9. The maximum absolute atomic E-state index is 12.9. The molecular formula is C23H29N3O3. The summed E-state index contributed by atoms with van der Waals surface area (Å²) >= 11 is 0. The molecule has 6 heteroatoms. The fourth-order valence-corrected chi connectivity index (χ4v) is 4.15. The van der Waals surface area contributed by atoms with Gasteiger partial charge in [-0.25, -0.2) is 4.79 Å². The lowest BCUT2D eigenvalue weighted by atomic mass is 9.67. The highest BCUT2D eigenvalue weighted by atomic mass is 16.2. The number of amides is 4. The molecule has 6 nitrogen and oxygen atoms in total. The summed E-state index contributed by atoms with van der Waals surface area (Å²) in [6.07, 6.45) is 3.04. The first kappa shape index (κ1) is 20.9. The van der Waals surface area contributed by atoms with E-state index < -0.39 is 17.5 Å². The molecule has 1 aliphatic carbocycles. The number of imide groups is 1. The first-order valence-corrected chi connectivity index (χ1v) is 10.2. The molecule has 154 valence electrons. The van der Waals surface area contributed by atoms with Gasteiger partial charge in [0.2, 0.25) is 5.91 Å². The lowest BCUT2D eigenvalue weighted by Gasteiger charge is -2.40. The van der Waals surface area contributed by atoms with E-state index in [1.165, 1.54) is 0 Å². The Bertz CT molecular complexity index is 838. The van der Waals surface area contributed by atoms with E-state index in [0.29, 0.717) is 18.8 Å². The molecule has 0 atom stereocenters. The number of carbonyl (C=O) groups excluding carboxylic acids is 3. The van der Waals surface area contributed by atoms with Crippen LogP contribution in [0.3, 0.4) is 0 Å². The quantitative estimate of drug-likeness (QED) is 0.610. The van der Waals surface area contributed by atoms with Gasteiger partial charge in [0.05, 0.1) is 6.54 Å². The normalized spacial score (nSPS) is 24.1. The summed E-state index contributed by atoms with van der Waals surface area (Å²) < 4.78 is 0. The van der Waals surface area contributed by atoms with Crippen LogP contribution in [0.4, 0.5) is 4.79 Å². The van der Waals surface area contributed by atoms with Crippen molar-refractivity contribution in [2.75, 3.05) is 13.1 Å². The first-order chi connectivity index (χ1) is 13.7. The van der Waals surface area contributed by atoms with Crippen LogP contribution in [0.25, 0.3) is 0 Å². The van der Waals surface area contributed by atoms with E-state index in [1.54, 1.807) is 0 Å². The van der Waals surface area contributed by atoms with Crippen molar-refractivity contribution in [3.05, 3.63) is 35.9 Å². The molecule has 1 heterocycles. The summed E-state index contributed by atoms with van der Waals surface area (Å²) in [6.45, 7) is 6.52. The Morgan fingerprint density at radius 2 is 1.86 bits per heavy atom. The Kier molecular flexibility index (Phi) is 5.97. The van der Waals surface area contributed by atoms with Crippen molar-refractivity contribution < 1.29 is 14.4 Å². The van der Waals surface area contributed by atoms with E-state index in [9.17, 15) is 14.4 Å². The number of urea groups is 1. The summed E-state index contributed by atoms with van der Waals surface area (Å²) in [4.78, 5) is 38.5. The van der Waals surface area contributed by atoms with Crippen molar-refractivity contribution in [3.63, 3.8) is 0 Å². The molecule has 2 N–H and O–H groups in total. The summed E-state index contributed by atoms with van der Waals surface area (Å²) in [6, 6.07) is 8.99. The molecule has 0 bridgehead atoms. The van der Waals surface area contributed by atoms with E-state index in [-0.39, 0.29) is 24.4 Å². The Balaban J connectivity index is 1.53. The van der Waals surface area contributed by atoms with Gasteiger partial charge in [0.1, 0.15) is 12.1 Å². The molecule has 2 fully saturated rings. The lowest BCUT2D eigenvalue weighted by Crippen LogP contribution is -2.51. The minimum atomic E-state index is -0.841. The Labute approximate surface area is 172 Å². The molecule has 3 rings (SSSR count). The third kappa shape index (κ3) is 4.79. The number of nitrogens with zero attached hydrogens (tertiary/aromatic N) is 1. The maximum Gasteiger partial charge on any atom is 0.325 e. The van der Waals surface area contributed by atoms with Gasteiger partial charge in [0.15, 0.2) is 0 Å². The molecule has 0 aromatic heterocycles. The molecular weight excluding hydrogens is 366 g/mol. The van der Waals surface area contributed by atoms with Gasteiger partial charge in [0, 0.05) is 5.56 Å². The minimum Gasteiger partial charge on any atom is -0.344 e. The van der Waals surface area contributed by atoms with Gasteiger partial charge in [-0.3, -0.25) is 14.5 Å². The average molecular weight is 396 g/mol. The van der Waals surface area contributed by atoms with Crippen molar-refractivity contribution in [2.24, 2.45) is 11.3 Å². The number of hydrogen-bond acceptors (Lipinski definition) is 3. The second-order valence-corrected chi connectivity index (χ2v) is 8.99. The van der Waals surface area contributed by atoms with E-state index in [4.69, 9.17) is 0 Å². The number of nitrogens with one attached hydrogen (secondary N) is 2. The van der Waals surface area contributed by atoms with Crippen LogP contribution in [0, 0.1) is 23.2 Å². The molecule has 1 spiro atoms. The predicted molar refractivity (Wildman–Crippen MR) is 111 cm³/mol. The van der Waals surface area contributed by atoms with Crippen LogP contribution in [-0.2, 0) is 9.59 Å². The smallest absolute Gasteiger partial charge is 0.325 e. The van der Waals surface area contributed by atoms with E-state index in [1.807, 2.05) is 30.3 Å². The van der Waals surface area contributed by atoms with Crippen LogP contribution in [-0.4, -0.2) is 41.4 Å². The van der Waals surface area contributed by atoms with Crippen LogP contribution < -0.4 is 10.6 Å². The van der Waals surface area contributed by atoms with Gasteiger partial charge < -0.3 is 10.6 Å². The number of hydrogen-bond donors (Lipinski definition) is 2. The van der Waals surface area contributed by atoms with Gasteiger partial charge >= 0.3 is 6.03 Å². The fraction of sp³-hybridized carbons (Fsp3) is 0.522. The van der Waals surface area contributed by atoms with Crippen molar-refractivity contribution in [2.45, 2.75) is 52.0 Å². The molecule has 1 aromatic rings. The lowest BCUT2D eigenvalue weighted by molar-refractivity contribution is -0.136. The van der Waals surface area contributed by atoms with Gasteiger partial charge in [-0.15, -0.1) is 0 Å². The Morgan fingerprint density at radius 1 is 1.21 bits per heavy atom. The van der Waals surface area contributed by atoms with Crippen LogP contribution in [0.2, 0.25) is 0 Å². The molecule has 1 saturated heterocycles. The summed E-state index contributed by atoms with van der Waals surface area (Å²) in [5.41, 5.74) is 0.212. The summed E-state index contributed by atoms with van der Waals surface area (Å²) in [7, 11) is 0. The Hall–Kier alpha value is -2.81. The first-order valence-electron chi connectivity index (χ1n) is 10.2. The van der Waals surface area contributed by atoms with Crippen molar-refractivity contribution in [1.29, 1.82) is 0 Å². The zero-order valence-electron chi connectivity index (χ0n) is 17.4. The molecule has 4 amide bonds. The third-order valence-electron chi connectivity index (χ3n) is 5.99. The number of rotatable bonds is 3. The number of benzene rings is 1. The molecule has 0 unspecified atom stereocenters. The van der Waals surface area contributed by atoms with Gasteiger partial charge in [-0.2, -0.15) is 0 Å². The highest BCUT2D eigenvalue weighted by Gasteiger charge is 2.53. The predicted octanol–water partition coefficient (Wildman–Crippen LogP) is 2.68. The van der Waals surface area contributed by atoms with E-state index >= 15 is 0 Å². The fourth-order valence-electron chi connectivity index (χ4n) is 4.15. The number of carbonyl (C=O) groups is 3. The molecule has 29 heavy (non-hydrogen) atoms. The standard InChI is InChI=1S/C23H29N3O3/c1-22(2,3)18-11-13-23(14-12-18)20(28)26(21(29)25-23)16-19(27)24-15-7-10-17-8-5-4-6-9-17/h4-6,8-9,18H,11-16H2,1-3H3,(H,24,27)(H,25,29). The highest BCUT2D eigenvalue weighted by molar-refractivity contribution is 6.09. The van der Waals surface area contributed by atoms with E-state index in [2.05, 4.69) is 43.2 Å².